The number of thiazole rings is 1. The van der Waals surface area contributed by atoms with Gasteiger partial charge in [-0.15, -0.1) is 11.3 Å². The Morgan fingerprint density at radius 2 is 1.59 bits per heavy atom. The second-order valence-corrected chi connectivity index (χ2v) is 8.07. The maximum atomic E-state index is 12.7. The van der Waals surface area contributed by atoms with Gasteiger partial charge in [-0.2, -0.15) is 13.2 Å². The number of amides is 2. The summed E-state index contributed by atoms with van der Waals surface area (Å²) in [5.74, 6) is -0.619. The van der Waals surface area contributed by atoms with Gasteiger partial charge in [0, 0.05) is 40.3 Å². The van der Waals surface area contributed by atoms with Gasteiger partial charge in [0.2, 0.25) is 5.91 Å². The lowest BCUT2D eigenvalue weighted by atomic mass is 10.1. The van der Waals surface area contributed by atoms with Crippen molar-refractivity contribution in [2.75, 3.05) is 10.6 Å². The zero-order chi connectivity index (χ0) is 24.1. The number of carbonyl (C=O) groups is 2. The van der Waals surface area contributed by atoms with E-state index in [0.29, 0.717) is 33.2 Å². The first kappa shape index (κ1) is 23.1. The summed E-state index contributed by atoms with van der Waals surface area (Å²) < 4.78 is 38.2. The molecule has 0 atom stereocenters. The van der Waals surface area contributed by atoms with E-state index in [-0.39, 0.29) is 18.2 Å². The summed E-state index contributed by atoms with van der Waals surface area (Å²) in [7, 11) is 0. The van der Waals surface area contributed by atoms with E-state index >= 15 is 0 Å². The number of nitrogens with one attached hydrogen (secondary N) is 2. The second kappa shape index (κ2) is 9.84. The zero-order valence-corrected chi connectivity index (χ0v) is 18.3. The van der Waals surface area contributed by atoms with Gasteiger partial charge in [-0.05, 0) is 42.5 Å². The summed E-state index contributed by atoms with van der Waals surface area (Å²) >= 11 is 1.25. The van der Waals surface area contributed by atoms with Gasteiger partial charge in [-0.1, -0.05) is 18.2 Å². The van der Waals surface area contributed by atoms with Crippen LogP contribution in [0, 0.1) is 0 Å². The lowest BCUT2D eigenvalue weighted by Gasteiger charge is -2.08. The molecule has 34 heavy (non-hydrogen) atoms. The molecule has 2 amide bonds. The highest BCUT2D eigenvalue weighted by atomic mass is 32.1. The molecule has 6 nitrogen and oxygen atoms in total. The molecule has 0 spiro atoms. The molecule has 2 aromatic heterocycles. The van der Waals surface area contributed by atoms with E-state index in [2.05, 4.69) is 20.6 Å². The highest BCUT2D eigenvalue weighted by molar-refractivity contribution is 7.13. The Balaban J connectivity index is 1.37. The quantitative estimate of drug-likeness (QED) is 0.372. The third-order valence-corrected chi connectivity index (χ3v) is 5.64. The van der Waals surface area contributed by atoms with E-state index in [0.717, 1.165) is 12.1 Å². The molecule has 4 rings (SSSR count). The zero-order valence-electron chi connectivity index (χ0n) is 17.5. The fraction of sp³-hybridized carbons (Fsp3) is 0.0833. The molecular weight excluding hydrogens is 465 g/mol. The standard InChI is InChI=1S/C24H17F3N4O2S/c25-24(26,27)17-6-4-16(5-7-17)23-31-20(14-34-23)13-21(32)29-18-2-1-3-19(12-18)30-22(33)15-8-10-28-11-9-15/h1-12,14H,13H2,(H,29,32)(H,30,33). The highest BCUT2D eigenvalue weighted by Crippen LogP contribution is 2.31. The molecule has 0 saturated heterocycles. The molecule has 0 bridgehead atoms. The van der Waals surface area contributed by atoms with Crippen molar-refractivity contribution < 1.29 is 22.8 Å². The van der Waals surface area contributed by atoms with E-state index in [4.69, 9.17) is 0 Å². The van der Waals surface area contributed by atoms with E-state index in [1.54, 1.807) is 41.8 Å². The lowest BCUT2D eigenvalue weighted by Crippen LogP contribution is -2.15. The predicted molar refractivity (Wildman–Crippen MR) is 124 cm³/mol. The van der Waals surface area contributed by atoms with Crippen LogP contribution in [-0.4, -0.2) is 21.8 Å². The Labute approximate surface area is 196 Å². The number of rotatable bonds is 6. The first-order valence-electron chi connectivity index (χ1n) is 10.0. The van der Waals surface area contributed by atoms with Gasteiger partial charge >= 0.3 is 6.18 Å². The van der Waals surface area contributed by atoms with Crippen molar-refractivity contribution in [3.05, 3.63) is 95.3 Å². The fourth-order valence-corrected chi connectivity index (χ4v) is 3.90. The molecule has 0 radical (unpaired) electrons. The molecular formula is C24H17F3N4O2S. The van der Waals surface area contributed by atoms with Crippen LogP contribution in [0.2, 0.25) is 0 Å². The minimum Gasteiger partial charge on any atom is -0.326 e. The van der Waals surface area contributed by atoms with Gasteiger partial charge in [0.25, 0.3) is 5.91 Å². The molecule has 0 aliphatic carbocycles. The molecule has 2 heterocycles. The number of carbonyl (C=O) groups excluding carboxylic acids is 2. The van der Waals surface area contributed by atoms with Crippen LogP contribution in [0.5, 0.6) is 0 Å². The van der Waals surface area contributed by atoms with Crippen molar-refractivity contribution in [1.29, 1.82) is 0 Å². The molecule has 0 fully saturated rings. The number of nitrogens with zero attached hydrogens (tertiary/aromatic N) is 2. The fourth-order valence-electron chi connectivity index (χ4n) is 3.07. The first-order valence-corrected chi connectivity index (χ1v) is 10.9. The minimum absolute atomic E-state index is 0.00919. The number of halogens is 3. The Kier molecular flexibility index (Phi) is 6.69. The molecule has 0 saturated carbocycles. The summed E-state index contributed by atoms with van der Waals surface area (Å²) in [6.07, 6.45) is -1.37. The average molecular weight is 482 g/mol. The highest BCUT2D eigenvalue weighted by Gasteiger charge is 2.30. The lowest BCUT2D eigenvalue weighted by molar-refractivity contribution is -0.137. The maximum Gasteiger partial charge on any atom is 0.416 e. The Hall–Kier alpha value is -4.05. The number of aromatic nitrogens is 2. The van der Waals surface area contributed by atoms with Gasteiger partial charge in [-0.3, -0.25) is 14.6 Å². The number of anilines is 2. The van der Waals surface area contributed by atoms with Crippen LogP contribution < -0.4 is 10.6 Å². The van der Waals surface area contributed by atoms with Crippen molar-refractivity contribution in [2.24, 2.45) is 0 Å². The topological polar surface area (TPSA) is 84.0 Å². The average Bonchev–Trinajstić information content (AvgIpc) is 3.27. The number of alkyl halides is 3. The molecule has 10 heteroatoms. The normalized spacial score (nSPS) is 11.1. The van der Waals surface area contributed by atoms with Crippen LogP contribution in [0.25, 0.3) is 10.6 Å². The van der Waals surface area contributed by atoms with Crippen LogP contribution in [-0.2, 0) is 17.4 Å². The van der Waals surface area contributed by atoms with Crippen LogP contribution in [0.1, 0.15) is 21.6 Å². The van der Waals surface area contributed by atoms with E-state index in [1.807, 2.05) is 0 Å². The third-order valence-electron chi connectivity index (χ3n) is 4.70. The summed E-state index contributed by atoms with van der Waals surface area (Å²) in [5, 5.41) is 7.73. The van der Waals surface area contributed by atoms with Crippen molar-refractivity contribution in [2.45, 2.75) is 12.6 Å². The minimum atomic E-state index is -4.40. The van der Waals surface area contributed by atoms with Crippen LogP contribution >= 0.6 is 11.3 Å². The van der Waals surface area contributed by atoms with Crippen molar-refractivity contribution in [3.63, 3.8) is 0 Å². The number of hydrogen-bond acceptors (Lipinski definition) is 5. The SMILES string of the molecule is O=C(Cc1csc(-c2ccc(C(F)(F)F)cc2)n1)Nc1cccc(NC(=O)c2ccncc2)c1. The molecule has 2 aromatic carbocycles. The third kappa shape index (κ3) is 5.84. The molecule has 0 unspecified atom stereocenters. The van der Waals surface area contributed by atoms with Crippen molar-refractivity contribution in [3.8, 4) is 10.6 Å². The Bertz CT molecular complexity index is 1310. The van der Waals surface area contributed by atoms with E-state index < -0.39 is 11.7 Å². The van der Waals surface area contributed by atoms with Crippen LogP contribution in [0.4, 0.5) is 24.5 Å². The van der Waals surface area contributed by atoms with E-state index in [9.17, 15) is 22.8 Å². The molecule has 0 aliphatic heterocycles. The molecule has 2 N–H and O–H groups in total. The summed E-state index contributed by atoms with van der Waals surface area (Å²) in [6, 6.07) is 14.6. The van der Waals surface area contributed by atoms with Gasteiger partial charge in [0.1, 0.15) is 5.01 Å². The number of benzene rings is 2. The summed E-state index contributed by atoms with van der Waals surface area (Å²) in [4.78, 5) is 33.0. The second-order valence-electron chi connectivity index (χ2n) is 7.21. The molecule has 0 aliphatic rings. The van der Waals surface area contributed by atoms with E-state index in [1.165, 1.54) is 35.9 Å². The monoisotopic (exact) mass is 482 g/mol. The number of hydrogen-bond donors (Lipinski definition) is 2. The molecule has 172 valence electrons. The predicted octanol–water partition coefficient (Wildman–Crippen LogP) is 5.66. The largest absolute Gasteiger partial charge is 0.416 e. The van der Waals surface area contributed by atoms with Crippen molar-refractivity contribution >= 4 is 34.5 Å². The summed E-state index contributed by atoms with van der Waals surface area (Å²) in [5.41, 5.74) is 1.78. The van der Waals surface area contributed by atoms with Crippen LogP contribution in [0.15, 0.2) is 78.4 Å². The van der Waals surface area contributed by atoms with Crippen molar-refractivity contribution in [1.82, 2.24) is 9.97 Å². The first-order chi connectivity index (χ1) is 16.3. The van der Waals surface area contributed by atoms with Gasteiger partial charge in [0.15, 0.2) is 0 Å². The smallest absolute Gasteiger partial charge is 0.326 e. The van der Waals surface area contributed by atoms with Crippen LogP contribution in [0.3, 0.4) is 0 Å². The Morgan fingerprint density at radius 3 is 2.26 bits per heavy atom. The summed E-state index contributed by atoms with van der Waals surface area (Å²) in [6.45, 7) is 0. The maximum absolute atomic E-state index is 12.7. The van der Waals surface area contributed by atoms with Gasteiger partial charge < -0.3 is 10.6 Å². The van der Waals surface area contributed by atoms with Gasteiger partial charge in [-0.25, -0.2) is 4.98 Å². The number of pyridine rings is 1. The molecule has 4 aromatic rings. The van der Waals surface area contributed by atoms with Gasteiger partial charge in [0.05, 0.1) is 17.7 Å². The Morgan fingerprint density at radius 1 is 0.912 bits per heavy atom.